The molecule has 1 aromatic heterocycles. The van der Waals surface area contributed by atoms with E-state index in [2.05, 4.69) is 24.1 Å². The number of aromatic nitrogens is 1. The number of rotatable bonds is 6. The molecule has 0 amide bonds. The summed E-state index contributed by atoms with van der Waals surface area (Å²) in [6.45, 7) is 5.18. The SMILES string of the molecule is CCC(C)NCc1sc(N(C)C)nc1OC. The quantitative estimate of drug-likeness (QED) is 0.830. The second kappa shape index (κ2) is 6.06. The standard InChI is InChI=1S/C11H21N3OS/c1-6-8(2)12-7-9-10(15-5)13-11(16-9)14(3)4/h8,12H,6-7H2,1-5H3. The van der Waals surface area contributed by atoms with E-state index in [1.807, 2.05) is 19.0 Å². The molecule has 1 rings (SSSR count). The van der Waals surface area contributed by atoms with Crippen molar-refractivity contribution < 1.29 is 4.74 Å². The average Bonchev–Trinajstić information content (AvgIpc) is 2.69. The lowest BCUT2D eigenvalue weighted by atomic mass is 10.2. The van der Waals surface area contributed by atoms with Gasteiger partial charge in [0.1, 0.15) is 0 Å². The highest BCUT2D eigenvalue weighted by Crippen LogP contribution is 2.30. The summed E-state index contributed by atoms with van der Waals surface area (Å²) in [6.07, 6.45) is 1.13. The first kappa shape index (κ1) is 13.3. The molecule has 1 heterocycles. The Morgan fingerprint density at radius 1 is 1.50 bits per heavy atom. The van der Waals surface area contributed by atoms with Crippen LogP contribution in [0.4, 0.5) is 5.13 Å². The number of nitrogens with one attached hydrogen (secondary N) is 1. The topological polar surface area (TPSA) is 37.4 Å². The summed E-state index contributed by atoms with van der Waals surface area (Å²) in [6, 6.07) is 0.523. The highest BCUT2D eigenvalue weighted by molar-refractivity contribution is 7.15. The van der Waals surface area contributed by atoms with Gasteiger partial charge in [-0.05, 0) is 13.3 Å². The molecule has 4 nitrogen and oxygen atoms in total. The third-order valence-electron chi connectivity index (χ3n) is 2.45. The Bertz CT molecular complexity index is 325. The largest absolute Gasteiger partial charge is 0.480 e. The zero-order valence-electron chi connectivity index (χ0n) is 10.7. The predicted octanol–water partition coefficient (Wildman–Crippen LogP) is 2.11. The van der Waals surface area contributed by atoms with Crippen molar-refractivity contribution in [3.05, 3.63) is 4.88 Å². The van der Waals surface area contributed by atoms with Crippen LogP contribution < -0.4 is 15.0 Å². The van der Waals surface area contributed by atoms with Crippen molar-refractivity contribution in [2.45, 2.75) is 32.9 Å². The highest BCUT2D eigenvalue weighted by Gasteiger charge is 2.13. The Hall–Kier alpha value is -0.810. The lowest BCUT2D eigenvalue weighted by Gasteiger charge is -2.10. The van der Waals surface area contributed by atoms with Crippen LogP contribution in [-0.2, 0) is 6.54 Å². The third kappa shape index (κ3) is 3.35. The number of nitrogens with zero attached hydrogens (tertiary/aromatic N) is 2. The Morgan fingerprint density at radius 2 is 2.19 bits per heavy atom. The molecule has 1 aromatic rings. The molecule has 0 bridgehead atoms. The van der Waals surface area contributed by atoms with Crippen molar-refractivity contribution in [1.82, 2.24) is 10.3 Å². The Labute approximate surface area is 102 Å². The molecule has 0 saturated heterocycles. The van der Waals surface area contributed by atoms with E-state index in [9.17, 15) is 0 Å². The van der Waals surface area contributed by atoms with Gasteiger partial charge in [-0.2, -0.15) is 4.98 Å². The van der Waals surface area contributed by atoms with Gasteiger partial charge in [0.05, 0.1) is 12.0 Å². The molecular formula is C11H21N3OS. The summed E-state index contributed by atoms with van der Waals surface area (Å²) < 4.78 is 5.27. The van der Waals surface area contributed by atoms with Crippen LogP contribution in [0.2, 0.25) is 0 Å². The zero-order valence-corrected chi connectivity index (χ0v) is 11.5. The predicted molar refractivity (Wildman–Crippen MR) is 69.6 cm³/mol. The highest BCUT2D eigenvalue weighted by atomic mass is 32.1. The molecular weight excluding hydrogens is 222 g/mol. The normalized spacial score (nSPS) is 12.6. The van der Waals surface area contributed by atoms with E-state index in [0.29, 0.717) is 6.04 Å². The fraction of sp³-hybridized carbons (Fsp3) is 0.727. The lowest BCUT2D eigenvalue weighted by molar-refractivity contribution is 0.393. The molecule has 5 heteroatoms. The van der Waals surface area contributed by atoms with E-state index in [-0.39, 0.29) is 0 Å². The summed E-state index contributed by atoms with van der Waals surface area (Å²) in [7, 11) is 5.65. The Balaban J connectivity index is 2.70. The average molecular weight is 243 g/mol. The Kier molecular flexibility index (Phi) is 5.02. The zero-order chi connectivity index (χ0) is 12.1. The van der Waals surface area contributed by atoms with E-state index >= 15 is 0 Å². The maximum atomic E-state index is 5.27. The van der Waals surface area contributed by atoms with Gasteiger partial charge in [-0.15, -0.1) is 0 Å². The summed E-state index contributed by atoms with van der Waals surface area (Å²) in [5.41, 5.74) is 0. The molecule has 0 fully saturated rings. The van der Waals surface area contributed by atoms with Gasteiger partial charge in [0, 0.05) is 26.7 Å². The molecule has 0 spiro atoms. The van der Waals surface area contributed by atoms with Crippen LogP contribution in [0.5, 0.6) is 5.88 Å². The molecule has 0 aliphatic rings. The van der Waals surface area contributed by atoms with Gasteiger partial charge in [-0.3, -0.25) is 0 Å². The summed E-state index contributed by atoms with van der Waals surface area (Å²) in [5.74, 6) is 0.740. The van der Waals surface area contributed by atoms with Crippen LogP contribution in [-0.4, -0.2) is 32.2 Å². The maximum absolute atomic E-state index is 5.27. The molecule has 1 unspecified atom stereocenters. The number of hydrogen-bond acceptors (Lipinski definition) is 5. The number of thiazole rings is 1. The fourth-order valence-corrected chi connectivity index (χ4v) is 2.10. The van der Waals surface area contributed by atoms with Crippen LogP contribution in [0.3, 0.4) is 0 Å². The van der Waals surface area contributed by atoms with Gasteiger partial charge in [0.2, 0.25) is 5.88 Å². The summed E-state index contributed by atoms with van der Waals surface area (Å²) in [4.78, 5) is 7.57. The van der Waals surface area contributed by atoms with Crippen molar-refractivity contribution in [2.24, 2.45) is 0 Å². The van der Waals surface area contributed by atoms with Crippen molar-refractivity contribution in [3.8, 4) is 5.88 Å². The smallest absolute Gasteiger partial charge is 0.230 e. The molecule has 0 saturated carbocycles. The van der Waals surface area contributed by atoms with Crippen LogP contribution >= 0.6 is 11.3 Å². The Morgan fingerprint density at radius 3 is 2.69 bits per heavy atom. The minimum atomic E-state index is 0.523. The number of ether oxygens (including phenoxy) is 1. The van der Waals surface area contributed by atoms with Crippen LogP contribution in [0.1, 0.15) is 25.1 Å². The van der Waals surface area contributed by atoms with Gasteiger partial charge in [0.15, 0.2) is 5.13 Å². The van der Waals surface area contributed by atoms with Crippen molar-refractivity contribution >= 4 is 16.5 Å². The van der Waals surface area contributed by atoms with Crippen molar-refractivity contribution in [1.29, 1.82) is 0 Å². The monoisotopic (exact) mass is 243 g/mol. The van der Waals surface area contributed by atoms with Gasteiger partial charge in [-0.1, -0.05) is 18.3 Å². The first-order valence-electron chi connectivity index (χ1n) is 5.52. The molecule has 1 atom stereocenters. The fourth-order valence-electron chi connectivity index (χ4n) is 1.20. The lowest BCUT2D eigenvalue weighted by Crippen LogP contribution is -2.24. The minimum absolute atomic E-state index is 0.523. The van der Waals surface area contributed by atoms with Gasteiger partial charge >= 0.3 is 0 Å². The second-order valence-electron chi connectivity index (χ2n) is 4.01. The minimum Gasteiger partial charge on any atom is -0.480 e. The van der Waals surface area contributed by atoms with Crippen LogP contribution in [0, 0.1) is 0 Å². The molecule has 0 aliphatic carbocycles. The number of methoxy groups -OCH3 is 1. The first-order chi connectivity index (χ1) is 7.58. The van der Waals surface area contributed by atoms with Crippen LogP contribution in [0.25, 0.3) is 0 Å². The molecule has 1 N–H and O–H groups in total. The van der Waals surface area contributed by atoms with Gasteiger partial charge in [0.25, 0.3) is 0 Å². The number of hydrogen-bond donors (Lipinski definition) is 1. The van der Waals surface area contributed by atoms with Crippen molar-refractivity contribution in [3.63, 3.8) is 0 Å². The number of anilines is 1. The van der Waals surface area contributed by atoms with E-state index in [4.69, 9.17) is 4.74 Å². The summed E-state index contributed by atoms with van der Waals surface area (Å²) in [5, 5.41) is 4.43. The molecule has 0 radical (unpaired) electrons. The van der Waals surface area contributed by atoms with Gasteiger partial charge in [-0.25, -0.2) is 0 Å². The van der Waals surface area contributed by atoms with Gasteiger partial charge < -0.3 is 15.0 Å². The molecule has 16 heavy (non-hydrogen) atoms. The molecule has 92 valence electrons. The molecule has 0 aromatic carbocycles. The molecule has 0 aliphatic heterocycles. The van der Waals surface area contributed by atoms with Crippen LogP contribution in [0.15, 0.2) is 0 Å². The first-order valence-corrected chi connectivity index (χ1v) is 6.34. The third-order valence-corrected chi connectivity index (χ3v) is 3.65. The summed E-state index contributed by atoms with van der Waals surface area (Å²) >= 11 is 1.67. The maximum Gasteiger partial charge on any atom is 0.230 e. The van der Waals surface area contributed by atoms with E-state index in [1.165, 1.54) is 0 Å². The van der Waals surface area contributed by atoms with E-state index in [0.717, 1.165) is 28.9 Å². The van der Waals surface area contributed by atoms with E-state index in [1.54, 1.807) is 18.4 Å². The van der Waals surface area contributed by atoms with Crippen molar-refractivity contribution in [2.75, 3.05) is 26.1 Å². The van der Waals surface area contributed by atoms with E-state index < -0.39 is 0 Å². The second-order valence-corrected chi connectivity index (χ2v) is 5.08.